The molecule has 1 N–H and O–H groups in total. The molecular formula is C15H12F3N7O2. The second kappa shape index (κ2) is 6.07. The van der Waals surface area contributed by atoms with Gasteiger partial charge >= 0.3 is 11.9 Å². The van der Waals surface area contributed by atoms with E-state index in [0.717, 1.165) is 6.20 Å². The average molecular weight is 379 g/mol. The molecule has 140 valence electrons. The summed E-state index contributed by atoms with van der Waals surface area (Å²) in [6, 6.07) is 4.44. The van der Waals surface area contributed by atoms with Crippen molar-refractivity contribution in [1.82, 2.24) is 34.4 Å². The van der Waals surface area contributed by atoms with E-state index in [0.29, 0.717) is 4.68 Å². The number of nitrogens with zero attached hydrogens (tertiary/aromatic N) is 6. The van der Waals surface area contributed by atoms with Gasteiger partial charge in [-0.05, 0) is 12.1 Å². The lowest BCUT2D eigenvalue weighted by Crippen LogP contribution is -2.41. The van der Waals surface area contributed by atoms with E-state index in [-0.39, 0.29) is 31.3 Å². The Morgan fingerprint density at radius 2 is 2.04 bits per heavy atom. The van der Waals surface area contributed by atoms with Crippen LogP contribution in [0.3, 0.4) is 0 Å². The number of aromatic nitrogens is 6. The molecule has 4 rings (SSSR count). The molecule has 0 unspecified atom stereocenters. The Morgan fingerprint density at radius 1 is 1.22 bits per heavy atom. The first-order valence-electron chi connectivity index (χ1n) is 7.86. The van der Waals surface area contributed by atoms with Crippen LogP contribution in [0.5, 0.6) is 0 Å². The van der Waals surface area contributed by atoms with Gasteiger partial charge < -0.3 is 4.90 Å². The van der Waals surface area contributed by atoms with Crippen molar-refractivity contribution < 1.29 is 18.0 Å². The lowest BCUT2D eigenvalue weighted by molar-refractivity contribution is -0.143. The fourth-order valence-corrected chi connectivity index (χ4v) is 2.95. The number of nitrogens with one attached hydrogen (secondary N) is 1. The predicted octanol–water partition coefficient (Wildman–Crippen LogP) is 0.827. The Bertz CT molecular complexity index is 1050. The van der Waals surface area contributed by atoms with Gasteiger partial charge in [0.05, 0.1) is 18.3 Å². The highest BCUT2D eigenvalue weighted by atomic mass is 19.4. The summed E-state index contributed by atoms with van der Waals surface area (Å²) in [6.45, 7) is 0.146. The van der Waals surface area contributed by atoms with Crippen LogP contribution in [0.4, 0.5) is 13.2 Å². The third-order valence-electron chi connectivity index (χ3n) is 4.18. The number of rotatable bonds is 2. The van der Waals surface area contributed by atoms with Crippen LogP contribution in [0.2, 0.25) is 0 Å². The Morgan fingerprint density at radius 3 is 2.74 bits per heavy atom. The zero-order valence-electron chi connectivity index (χ0n) is 13.6. The molecule has 1 aliphatic rings. The molecule has 4 heterocycles. The van der Waals surface area contributed by atoms with Crippen molar-refractivity contribution in [3.63, 3.8) is 0 Å². The molecule has 0 fully saturated rings. The Labute approximate surface area is 149 Å². The molecule has 1 amide bonds. The smallest absolute Gasteiger partial charge is 0.329 e. The van der Waals surface area contributed by atoms with E-state index in [1.807, 2.05) is 0 Å². The lowest BCUT2D eigenvalue weighted by Gasteiger charge is -2.26. The third kappa shape index (κ3) is 2.88. The first-order chi connectivity index (χ1) is 12.9. The van der Waals surface area contributed by atoms with Gasteiger partial charge in [0.1, 0.15) is 0 Å². The summed E-state index contributed by atoms with van der Waals surface area (Å²) < 4.78 is 43.0. The van der Waals surface area contributed by atoms with Crippen molar-refractivity contribution in [2.24, 2.45) is 0 Å². The number of halogens is 3. The van der Waals surface area contributed by atoms with Gasteiger partial charge in [0.25, 0.3) is 5.91 Å². The lowest BCUT2D eigenvalue weighted by atomic mass is 10.2. The van der Waals surface area contributed by atoms with E-state index in [4.69, 9.17) is 0 Å². The number of aromatic amines is 1. The minimum Gasteiger partial charge on any atom is -0.329 e. The molecule has 0 radical (unpaired) electrons. The molecule has 0 spiro atoms. The van der Waals surface area contributed by atoms with Gasteiger partial charge in [-0.15, -0.1) is 0 Å². The summed E-state index contributed by atoms with van der Waals surface area (Å²) in [7, 11) is 0. The maximum absolute atomic E-state index is 13.7. The van der Waals surface area contributed by atoms with E-state index >= 15 is 0 Å². The number of H-pyrrole nitrogens is 1. The molecular weight excluding hydrogens is 367 g/mol. The van der Waals surface area contributed by atoms with Crippen molar-refractivity contribution in [1.29, 1.82) is 0 Å². The normalized spacial score (nSPS) is 14.3. The van der Waals surface area contributed by atoms with Gasteiger partial charge in [-0.3, -0.25) is 9.36 Å². The van der Waals surface area contributed by atoms with E-state index in [1.54, 1.807) is 6.07 Å². The molecule has 27 heavy (non-hydrogen) atoms. The van der Waals surface area contributed by atoms with Gasteiger partial charge in [0.2, 0.25) is 0 Å². The van der Waals surface area contributed by atoms with Crippen LogP contribution in [0.1, 0.15) is 21.9 Å². The molecule has 1 aliphatic heterocycles. The minimum atomic E-state index is -4.82. The molecule has 3 aromatic heterocycles. The van der Waals surface area contributed by atoms with Crippen LogP contribution in [-0.2, 0) is 19.3 Å². The molecule has 3 aromatic rings. The van der Waals surface area contributed by atoms with Crippen molar-refractivity contribution in [2.45, 2.75) is 19.3 Å². The van der Waals surface area contributed by atoms with Crippen molar-refractivity contribution in [3.05, 3.63) is 58.2 Å². The van der Waals surface area contributed by atoms with Gasteiger partial charge in [0, 0.05) is 19.3 Å². The van der Waals surface area contributed by atoms with Crippen LogP contribution in [0.15, 0.2) is 35.4 Å². The highest BCUT2D eigenvalue weighted by molar-refractivity contribution is 5.95. The maximum Gasteiger partial charge on any atom is 0.434 e. The van der Waals surface area contributed by atoms with Crippen LogP contribution in [0.25, 0.3) is 5.82 Å². The SMILES string of the molecule is O=C(c1cnn(-c2ccccn2)c1C(F)(F)F)N1CCn2c(n[nH]c2=O)C1. The number of amides is 1. The fourth-order valence-electron chi connectivity index (χ4n) is 2.95. The summed E-state index contributed by atoms with van der Waals surface area (Å²) in [5.41, 5.74) is -2.20. The largest absolute Gasteiger partial charge is 0.434 e. The number of hydrogen-bond donors (Lipinski definition) is 1. The van der Waals surface area contributed by atoms with Crippen LogP contribution in [0, 0.1) is 0 Å². The zero-order valence-corrected chi connectivity index (χ0v) is 13.6. The fraction of sp³-hybridized carbons (Fsp3) is 0.267. The molecule has 0 aliphatic carbocycles. The average Bonchev–Trinajstić information content (AvgIpc) is 3.26. The molecule has 0 saturated heterocycles. The molecule has 0 saturated carbocycles. The van der Waals surface area contributed by atoms with Gasteiger partial charge in [-0.1, -0.05) is 6.07 Å². The van der Waals surface area contributed by atoms with Gasteiger partial charge in [-0.2, -0.15) is 23.4 Å². The Kier molecular flexibility index (Phi) is 3.82. The second-order valence-electron chi connectivity index (χ2n) is 5.83. The van der Waals surface area contributed by atoms with Crippen LogP contribution < -0.4 is 5.69 Å². The number of alkyl halides is 3. The Hall–Kier alpha value is -3.44. The monoisotopic (exact) mass is 379 g/mol. The van der Waals surface area contributed by atoms with E-state index in [2.05, 4.69) is 20.3 Å². The maximum atomic E-state index is 13.7. The van der Waals surface area contributed by atoms with E-state index in [1.165, 1.54) is 27.8 Å². The number of carbonyl (C=O) groups excluding carboxylic acids is 1. The molecule has 12 heteroatoms. The number of carbonyl (C=O) groups is 1. The van der Waals surface area contributed by atoms with Gasteiger partial charge in [-0.25, -0.2) is 19.6 Å². The second-order valence-corrected chi connectivity index (χ2v) is 5.83. The summed E-state index contributed by atoms with van der Waals surface area (Å²) >= 11 is 0. The number of pyridine rings is 1. The van der Waals surface area contributed by atoms with Crippen LogP contribution >= 0.6 is 0 Å². The first-order valence-corrected chi connectivity index (χ1v) is 7.86. The van der Waals surface area contributed by atoms with Crippen molar-refractivity contribution in [2.75, 3.05) is 6.54 Å². The van der Waals surface area contributed by atoms with Crippen molar-refractivity contribution in [3.8, 4) is 5.82 Å². The highest BCUT2D eigenvalue weighted by Crippen LogP contribution is 2.34. The quantitative estimate of drug-likeness (QED) is 0.711. The summed E-state index contributed by atoms with van der Waals surface area (Å²) in [6.07, 6.45) is -2.60. The number of hydrogen-bond acceptors (Lipinski definition) is 5. The zero-order chi connectivity index (χ0) is 19.2. The van der Waals surface area contributed by atoms with Crippen LogP contribution in [-0.4, -0.2) is 46.9 Å². The molecule has 0 aromatic carbocycles. The molecule has 0 bridgehead atoms. The Balaban J connectivity index is 1.73. The van der Waals surface area contributed by atoms with E-state index in [9.17, 15) is 22.8 Å². The van der Waals surface area contributed by atoms with E-state index < -0.39 is 29.0 Å². The third-order valence-corrected chi connectivity index (χ3v) is 4.18. The van der Waals surface area contributed by atoms with Crippen molar-refractivity contribution >= 4 is 5.91 Å². The standard InChI is InChI=1S/C15H12F3N7O2/c16-15(17,18)12-9(7-20-25(12)10-3-1-2-4-19-10)13(26)23-5-6-24-11(8-23)21-22-14(24)27/h1-4,7H,5-6,8H2,(H,22,27). The molecule has 0 atom stereocenters. The summed E-state index contributed by atoms with van der Waals surface area (Å²) in [5, 5.41) is 9.77. The highest BCUT2D eigenvalue weighted by Gasteiger charge is 2.42. The first kappa shape index (κ1) is 17.0. The number of fused-ring (bicyclic) bond motifs is 1. The molecule has 9 nitrogen and oxygen atoms in total. The summed E-state index contributed by atoms with van der Waals surface area (Å²) in [4.78, 5) is 29.3. The topological polar surface area (TPSA) is 102 Å². The summed E-state index contributed by atoms with van der Waals surface area (Å²) in [5.74, 6) is -0.611. The van der Waals surface area contributed by atoms with Gasteiger partial charge in [0.15, 0.2) is 17.3 Å². The minimum absolute atomic E-state index is 0.0522. The predicted molar refractivity (Wildman–Crippen MR) is 83.9 cm³/mol.